The van der Waals surface area contributed by atoms with Gasteiger partial charge in [-0.05, 0) is 48.0 Å². The van der Waals surface area contributed by atoms with Gasteiger partial charge in [-0.15, -0.1) is 0 Å². The Balaban J connectivity index is 1.88. The molecule has 0 saturated heterocycles. The Bertz CT molecular complexity index is 1370. The first-order chi connectivity index (χ1) is 15.0. The quantitative estimate of drug-likeness (QED) is 0.370. The van der Waals surface area contributed by atoms with E-state index >= 15 is 0 Å². The number of fused-ring (bicyclic) bond motifs is 3. The lowest BCUT2D eigenvalue weighted by Crippen LogP contribution is -2.07. The number of benzene rings is 3. The Labute approximate surface area is 176 Å². The van der Waals surface area contributed by atoms with Gasteiger partial charge in [0.15, 0.2) is 0 Å². The molecule has 5 rings (SSSR count). The fourth-order valence-electron chi connectivity index (χ4n) is 4.01. The number of hydrogen-bond donors (Lipinski definition) is 1. The predicted molar refractivity (Wildman–Crippen MR) is 115 cm³/mol. The number of aromatic nitrogens is 2. The van der Waals surface area contributed by atoms with Crippen molar-refractivity contribution in [2.24, 2.45) is 0 Å². The number of rotatable bonds is 3. The van der Waals surface area contributed by atoms with Crippen molar-refractivity contribution in [1.29, 1.82) is 0 Å². The van der Waals surface area contributed by atoms with E-state index in [2.05, 4.69) is 4.98 Å². The second-order valence-electron chi connectivity index (χ2n) is 7.31. The highest BCUT2D eigenvalue weighted by atomic mass is 19.4. The Hall–Kier alpha value is -3.64. The summed E-state index contributed by atoms with van der Waals surface area (Å²) in [6.07, 6.45) is -2.99. The number of aliphatic hydroxyl groups excluding tert-OH is 1. The third kappa shape index (κ3) is 3.25. The summed E-state index contributed by atoms with van der Waals surface area (Å²) in [6.45, 7) is -0.223. The van der Waals surface area contributed by atoms with Gasteiger partial charge in [0, 0.05) is 22.5 Å². The molecule has 154 valence electrons. The molecule has 0 unspecified atom stereocenters. The van der Waals surface area contributed by atoms with Crippen LogP contribution in [0.1, 0.15) is 11.1 Å². The van der Waals surface area contributed by atoms with Gasteiger partial charge in [-0.25, -0.2) is 0 Å². The molecule has 2 heterocycles. The van der Waals surface area contributed by atoms with Crippen molar-refractivity contribution in [3.63, 3.8) is 0 Å². The zero-order valence-corrected chi connectivity index (χ0v) is 16.3. The van der Waals surface area contributed by atoms with Crippen LogP contribution in [-0.4, -0.2) is 14.7 Å². The number of nitrogens with zero attached hydrogens (tertiary/aromatic N) is 2. The molecule has 0 bridgehead atoms. The zero-order chi connectivity index (χ0) is 21.6. The highest BCUT2D eigenvalue weighted by Gasteiger charge is 2.31. The Morgan fingerprint density at radius 3 is 2.06 bits per heavy atom. The van der Waals surface area contributed by atoms with Crippen LogP contribution in [0.15, 0.2) is 85.1 Å². The number of aliphatic hydroxyl groups is 1. The lowest BCUT2D eigenvalue weighted by Gasteiger charge is -2.16. The number of halogens is 3. The Morgan fingerprint density at radius 1 is 0.806 bits per heavy atom. The molecule has 3 aromatic carbocycles. The van der Waals surface area contributed by atoms with Crippen LogP contribution in [0.3, 0.4) is 0 Å². The van der Waals surface area contributed by atoms with Gasteiger partial charge >= 0.3 is 6.18 Å². The molecular formula is C25H17F3N2O. The molecule has 0 atom stereocenters. The van der Waals surface area contributed by atoms with Crippen molar-refractivity contribution in [2.45, 2.75) is 12.8 Å². The fraction of sp³-hybridized carbons (Fsp3) is 0.0800. The molecule has 5 aromatic rings. The molecule has 0 aliphatic rings. The van der Waals surface area contributed by atoms with Crippen LogP contribution in [0.5, 0.6) is 0 Å². The monoisotopic (exact) mass is 418 g/mol. The van der Waals surface area contributed by atoms with Gasteiger partial charge < -0.3 is 9.67 Å². The Morgan fingerprint density at radius 2 is 1.45 bits per heavy atom. The van der Waals surface area contributed by atoms with Crippen LogP contribution in [0.4, 0.5) is 13.2 Å². The lowest BCUT2D eigenvalue weighted by molar-refractivity contribution is -0.137. The van der Waals surface area contributed by atoms with Crippen LogP contribution in [-0.2, 0) is 12.8 Å². The van der Waals surface area contributed by atoms with Crippen LogP contribution < -0.4 is 0 Å². The van der Waals surface area contributed by atoms with E-state index in [1.54, 1.807) is 12.1 Å². The van der Waals surface area contributed by atoms with Crippen LogP contribution >= 0.6 is 0 Å². The molecule has 0 radical (unpaired) electrons. The van der Waals surface area contributed by atoms with E-state index in [0.29, 0.717) is 22.5 Å². The van der Waals surface area contributed by atoms with Gasteiger partial charge in [0.2, 0.25) is 0 Å². The molecule has 0 saturated carbocycles. The van der Waals surface area contributed by atoms with Crippen LogP contribution in [0.25, 0.3) is 38.8 Å². The van der Waals surface area contributed by atoms with Gasteiger partial charge in [0.05, 0.1) is 34.6 Å². The summed E-state index contributed by atoms with van der Waals surface area (Å²) in [4.78, 5) is 4.32. The molecule has 31 heavy (non-hydrogen) atoms. The molecule has 0 spiro atoms. The average Bonchev–Trinajstić information content (AvgIpc) is 3.12. The van der Waals surface area contributed by atoms with E-state index in [1.165, 1.54) is 12.3 Å². The zero-order valence-electron chi connectivity index (χ0n) is 16.3. The summed E-state index contributed by atoms with van der Waals surface area (Å²) in [5.74, 6) is 0. The number of alkyl halides is 3. The van der Waals surface area contributed by atoms with Crippen molar-refractivity contribution in [1.82, 2.24) is 9.55 Å². The van der Waals surface area contributed by atoms with E-state index in [4.69, 9.17) is 0 Å². The summed E-state index contributed by atoms with van der Waals surface area (Å²) in [7, 11) is 0. The minimum Gasteiger partial charge on any atom is -0.392 e. The summed E-state index contributed by atoms with van der Waals surface area (Å²) < 4.78 is 42.6. The maximum Gasteiger partial charge on any atom is 0.416 e. The van der Waals surface area contributed by atoms with Gasteiger partial charge in [-0.1, -0.05) is 36.4 Å². The van der Waals surface area contributed by atoms with E-state index in [1.807, 2.05) is 53.1 Å². The normalized spacial score (nSPS) is 12.0. The van der Waals surface area contributed by atoms with Crippen molar-refractivity contribution in [3.8, 4) is 16.9 Å². The van der Waals surface area contributed by atoms with Crippen molar-refractivity contribution in [3.05, 3.63) is 96.2 Å². The molecule has 1 N–H and O–H groups in total. The maximum atomic E-state index is 13.5. The average molecular weight is 418 g/mol. The molecule has 0 aliphatic heterocycles. The molecule has 0 fully saturated rings. The van der Waals surface area contributed by atoms with Crippen molar-refractivity contribution >= 4 is 21.8 Å². The van der Waals surface area contributed by atoms with Gasteiger partial charge in [-0.3, -0.25) is 4.98 Å². The Kier molecular flexibility index (Phi) is 4.52. The smallest absolute Gasteiger partial charge is 0.392 e. The predicted octanol–water partition coefficient (Wildman–Crippen LogP) is 6.36. The number of para-hydroxylation sites is 2. The third-order valence-corrected chi connectivity index (χ3v) is 5.43. The number of pyridine rings is 1. The highest BCUT2D eigenvalue weighted by molar-refractivity contribution is 6.09. The van der Waals surface area contributed by atoms with Crippen LogP contribution in [0, 0.1) is 0 Å². The van der Waals surface area contributed by atoms with Crippen LogP contribution in [0.2, 0.25) is 0 Å². The molecular weight excluding hydrogens is 401 g/mol. The summed E-state index contributed by atoms with van der Waals surface area (Å²) >= 11 is 0. The van der Waals surface area contributed by atoms with Crippen molar-refractivity contribution < 1.29 is 18.3 Å². The first-order valence-electron chi connectivity index (χ1n) is 9.73. The first-order valence-corrected chi connectivity index (χ1v) is 9.73. The summed E-state index contributed by atoms with van der Waals surface area (Å²) in [6, 6.07) is 22.6. The van der Waals surface area contributed by atoms with Gasteiger partial charge in [0.25, 0.3) is 0 Å². The second-order valence-corrected chi connectivity index (χ2v) is 7.31. The summed E-state index contributed by atoms with van der Waals surface area (Å²) in [5.41, 5.74) is 2.92. The topological polar surface area (TPSA) is 38.1 Å². The lowest BCUT2D eigenvalue weighted by atomic mass is 10.0. The minimum absolute atomic E-state index is 0.223. The SMILES string of the molecule is OCc1ccnc(-c2cc(C(F)(F)F)ccc2-n2c3ccccc3c3ccccc32)c1. The molecule has 6 heteroatoms. The molecule has 3 nitrogen and oxygen atoms in total. The fourth-order valence-corrected chi connectivity index (χ4v) is 4.01. The standard InChI is InChI=1S/C25H17F3N2O/c26-25(27,28)17-9-10-24(20(14-17)21-13-16(15-31)11-12-29-21)30-22-7-3-1-5-18(22)19-6-2-4-8-23(19)30/h1-14,31H,15H2. The molecule has 0 aliphatic carbocycles. The number of hydrogen-bond acceptors (Lipinski definition) is 2. The molecule has 0 amide bonds. The molecule has 2 aromatic heterocycles. The van der Waals surface area contributed by atoms with Gasteiger partial charge in [-0.2, -0.15) is 13.2 Å². The van der Waals surface area contributed by atoms with E-state index in [-0.39, 0.29) is 6.61 Å². The van der Waals surface area contributed by atoms with E-state index in [0.717, 1.165) is 33.9 Å². The van der Waals surface area contributed by atoms with E-state index < -0.39 is 11.7 Å². The third-order valence-electron chi connectivity index (χ3n) is 5.43. The minimum atomic E-state index is -4.48. The maximum absolute atomic E-state index is 13.5. The van der Waals surface area contributed by atoms with Gasteiger partial charge in [0.1, 0.15) is 0 Å². The first kappa shape index (κ1) is 19.3. The summed E-state index contributed by atoms with van der Waals surface area (Å²) in [5, 5.41) is 11.5. The largest absolute Gasteiger partial charge is 0.416 e. The second kappa shape index (κ2) is 7.25. The van der Waals surface area contributed by atoms with E-state index in [9.17, 15) is 18.3 Å². The van der Waals surface area contributed by atoms with Crippen molar-refractivity contribution in [2.75, 3.05) is 0 Å². The highest BCUT2D eigenvalue weighted by Crippen LogP contribution is 2.39.